The van der Waals surface area contributed by atoms with Crippen LogP contribution in [0.5, 0.6) is 0 Å². The van der Waals surface area contributed by atoms with Gasteiger partial charge in [0.05, 0.1) is 21.9 Å². The van der Waals surface area contributed by atoms with Crippen LogP contribution in [-0.4, -0.2) is 32.5 Å². The fourth-order valence-electron chi connectivity index (χ4n) is 2.03. The van der Waals surface area contributed by atoms with Crippen molar-refractivity contribution in [2.24, 2.45) is 0 Å². The van der Waals surface area contributed by atoms with E-state index in [0.29, 0.717) is 0 Å². The topological polar surface area (TPSA) is 52.6 Å². The molecule has 1 aliphatic rings. The molecule has 1 aromatic carbocycles. The van der Waals surface area contributed by atoms with Crippen LogP contribution in [0.1, 0.15) is 34.6 Å². The smallest absolute Gasteiger partial charge is 0.399 e. The van der Waals surface area contributed by atoms with Gasteiger partial charge in [-0.2, -0.15) is 0 Å². The van der Waals surface area contributed by atoms with Gasteiger partial charge in [0, 0.05) is 5.46 Å². The highest BCUT2D eigenvalue weighted by atomic mass is 32.2. The molecule has 0 spiro atoms. The second-order valence-corrected chi connectivity index (χ2v) is 8.45. The zero-order valence-corrected chi connectivity index (χ0v) is 13.8. The van der Waals surface area contributed by atoms with Crippen LogP contribution in [0.2, 0.25) is 0 Å². The fourth-order valence-corrected chi connectivity index (χ4v) is 2.95. The third-order valence-electron chi connectivity index (χ3n) is 4.21. The molecule has 2 rings (SSSR count). The van der Waals surface area contributed by atoms with Gasteiger partial charge in [-0.05, 0) is 45.9 Å². The summed E-state index contributed by atoms with van der Waals surface area (Å²) in [5.74, 6) is -0.579. The lowest BCUT2D eigenvalue weighted by atomic mass is 9.79. The Morgan fingerprint density at radius 2 is 1.67 bits per heavy atom. The molecule has 1 heterocycles. The molecule has 0 radical (unpaired) electrons. The van der Waals surface area contributed by atoms with Gasteiger partial charge in [0.1, 0.15) is 5.82 Å². The van der Waals surface area contributed by atoms with Crippen molar-refractivity contribution >= 4 is 22.4 Å². The summed E-state index contributed by atoms with van der Waals surface area (Å²) in [5.41, 5.74) is -1.10. The van der Waals surface area contributed by atoms with Crippen molar-refractivity contribution in [2.45, 2.75) is 50.7 Å². The van der Waals surface area contributed by atoms with Crippen molar-refractivity contribution in [1.82, 2.24) is 0 Å². The minimum absolute atomic E-state index is 0.0402. The Balaban J connectivity index is 2.45. The molecule has 1 aliphatic heterocycles. The first-order valence-electron chi connectivity index (χ1n) is 6.88. The molecule has 0 bridgehead atoms. The van der Waals surface area contributed by atoms with Gasteiger partial charge >= 0.3 is 7.12 Å². The zero-order chi connectivity index (χ0) is 16.1. The normalized spacial score (nSPS) is 20.8. The van der Waals surface area contributed by atoms with Crippen molar-refractivity contribution in [2.75, 3.05) is 5.75 Å². The molecule has 0 unspecified atom stereocenters. The van der Waals surface area contributed by atoms with Gasteiger partial charge in [0.15, 0.2) is 9.84 Å². The molecule has 1 fully saturated rings. The van der Waals surface area contributed by atoms with E-state index in [1.54, 1.807) is 6.92 Å². The van der Waals surface area contributed by atoms with Crippen LogP contribution >= 0.6 is 0 Å². The van der Waals surface area contributed by atoms with Crippen LogP contribution in [0.4, 0.5) is 4.39 Å². The van der Waals surface area contributed by atoms with Crippen molar-refractivity contribution in [3.05, 3.63) is 24.0 Å². The van der Waals surface area contributed by atoms with Crippen LogP contribution in [0, 0.1) is 5.82 Å². The van der Waals surface area contributed by atoms with Crippen molar-refractivity contribution < 1.29 is 22.1 Å². The van der Waals surface area contributed by atoms with E-state index >= 15 is 0 Å². The maximum absolute atomic E-state index is 14.1. The third-order valence-corrected chi connectivity index (χ3v) is 5.95. The van der Waals surface area contributed by atoms with Crippen LogP contribution in [0.25, 0.3) is 0 Å². The second kappa shape index (κ2) is 5.07. The zero-order valence-electron chi connectivity index (χ0n) is 12.9. The lowest BCUT2D eigenvalue weighted by Gasteiger charge is -2.32. The van der Waals surface area contributed by atoms with Crippen molar-refractivity contribution in [3.63, 3.8) is 0 Å². The molecular weight excluding hydrogens is 294 g/mol. The van der Waals surface area contributed by atoms with E-state index < -0.39 is 34.0 Å². The van der Waals surface area contributed by atoms with Crippen molar-refractivity contribution in [3.8, 4) is 0 Å². The molecule has 0 aliphatic carbocycles. The van der Waals surface area contributed by atoms with E-state index in [4.69, 9.17) is 9.31 Å². The standard InChI is InChI=1S/C14H20BFO4S/c1-6-21(17,18)10-7-8-12(16)11(9-10)15-19-13(2,3)14(4,5)20-15/h7-9H,6H2,1-5H3. The predicted molar refractivity (Wildman–Crippen MR) is 79.8 cm³/mol. The van der Waals surface area contributed by atoms with Crippen LogP contribution in [0.15, 0.2) is 23.1 Å². The lowest BCUT2D eigenvalue weighted by molar-refractivity contribution is 0.00578. The summed E-state index contributed by atoms with van der Waals surface area (Å²) in [5, 5.41) is 0. The Morgan fingerprint density at radius 1 is 1.14 bits per heavy atom. The molecule has 7 heteroatoms. The quantitative estimate of drug-likeness (QED) is 0.632. The van der Waals surface area contributed by atoms with E-state index in [9.17, 15) is 12.8 Å². The van der Waals surface area contributed by atoms with Gasteiger partial charge in [-0.25, -0.2) is 12.8 Å². The highest BCUT2D eigenvalue weighted by Gasteiger charge is 2.52. The summed E-state index contributed by atoms with van der Waals surface area (Å²) < 4.78 is 49.5. The molecule has 0 aromatic heterocycles. The molecule has 4 nitrogen and oxygen atoms in total. The minimum atomic E-state index is -3.40. The maximum atomic E-state index is 14.1. The average molecular weight is 314 g/mol. The number of benzene rings is 1. The fraction of sp³-hybridized carbons (Fsp3) is 0.571. The molecule has 116 valence electrons. The van der Waals surface area contributed by atoms with Crippen molar-refractivity contribution in [1.29, 1.82) is 0 Å². The van der Waals surface area contributed by atoms with Gasteiger partial charge in [-0.3, -0.25) is 0 Å². The summed E-state index contributed by atoms with van der Waals surface area (Å²) in [6, 6.07) is 3.71. The van der Waals surface area contributed by atoms with Gasteiger partial charge in [-0.15, -0.1) is 0 Å². The predicted octanol–water partition coefficient (Wildman–Crippen LogP) is 1.92. The van der Waals surface area contributed by atoms with E-state index in [2.05, 4.69) is 0 Å². The largest absolute Gasteiger partial charge is 0.497 e. The van der Waals surface area contributed by atoms with Gasteiger partial charge in [0.25, 0.3) is 0 Å². The maximum Gasteiger partial charge on any atom is 0.497 e. The lowest BCUT2D eigenvalue weighted by Crippen LogP contribution is -2.41. The Labute approximate surface area is 125 Å². The molecule has 0 N–H and O–H groups in total. The number of hydrogen-bond acceptors (Lipinski definition) is 4. The monoisotopic (exact) mass is 314 g/mol. The molecular formula is C14H20BFO4S. The molecule has 0 atom stereocenters. The first kappa shape index (κ1) is 16.5. The first-order chi connectivity index (χ1) is 9.50. The molecule has 0 saturated carbocycles. The Kier molecular flexibility index (Phi) is 3.97. The summed E-state index contributed by atoms with van der Waals surface area (Å²) in [6.07, 6.45) is 0. The Bertz CT molecular complexity index is 639. The summed E-state index contributed by atoms with van der Waals surface area (Å²) in [4.78, 5) is 0.0797. The summed E-state index contributed by atoms with van der Waals surface area (Å²) in [7, 11) is -4.32. The minimum Gasteiger partial charge on any atom is -0.399 e. The highest BCUT2D eigenvalue weighted by Crippen LogP contribution is 2.36. The van der Waals surface area contributed by atoms with Gasteiger partial charge in [0.2, 0.25) is 0 Å². The number of sulfone groups is 1. The van der Waals surface area contributed by atoms with E-state index in [1.807, 2.05) is 27.7 Å². The molecule has 1 aromatic rings. The van der Waals surface area contributed by atoms with Crippen LogP contribution in [0.3, 0.4) is 0 Å². The van der Waals surface area contributed by atoms with Crippen LogP contribution in [-0.2, 0) is 19.1 Å². The second-order valence-electron chi connectivity index (χ2n) is 6.17. The Morgan fingerprint density at radius 3 is 2.14 bits per heavy atom. The molecule has 0 amide bonds. The first-order valence-corrected chi connectivity index (χ1v) is 8.53. The van der Waals surface area contributed by atoms with E-state index in [-0.39, 0.29) is 16.1 Å². The average Bonchev–Trinajstić information content (AvgIpc) is 2.58. The SMILES string of the molecule is CCS(=O)(=O)c1ccc(F)c(B2OC(C)(C)C(C)(C)O2)c1. The highest BCUT2D eigenvalue weighted by molar-refractivity contribution is 7.91. The number of halogens is 1. The van der Waals surface area contributed by atoms with Crippen LogP contribution < -0.4 is 5.46 Å². The Hall–Kier alpha value is -0.915. The summed E-state index contributed by atoms with van der Waals surface area (Å²) >= 11 is 0. The number of rotatable bonds is 3. The summed E-state index contributed by atoms with van der Waals surface area (Å²) in [6.45, 7) is 8.98. The molecule has 21 heavy (non-hydrogen) atoms. The third kappa shape index (κ3) is 2.87. The van der Waals surface area contributed by atoms with E-state index in [0.717, 1.165) is 6.07 Å². The van der Waals surface area contributed by atoms with Gasteiger partial charge in [-0.1, -0.05) is 6.92 Å². The number of hydrogen-bond donors (Lipinski definition) is 0. The van der Waals surface area contributed by atoms with Gasteiger partial charge < -0.3 is 9.31 Å². The molecule has 1 saturated heterocycles. The van der Waals surface area contributed by atoms with E-state index in [1.165, 1.54) is 12.1 Å².